The lowest BCUT2D eigenvalue weighted by atomic mass is 10.1. The van der Waals surface area contributed by atoms with Gasteiger partial charge in [0.05, 0.1) is 5.56 Å². The van der Waals surface area contributed by atoms with E-state index in [1.165, 1.54) is 12.1 Å². The number of benzene rings is 1. The highest BCUT2D eigenvalue weighted by Crippen LogP contribution is 2.50. The number of carboxylic acids is 1. The summed E-state index contributed by atoms with van der Waals surface area (Å²) in [7, 11) is 0. The third-order valence-corrected chi connectivity index (χ3v) is 2.81. The molecule has 0 amide bonds. The Bertz CT molecular complexity index is 399. The number of aromatic carboxylic acids is 1. The SMILES string of the molecule is O=C(O)c1cc(Br)cc(C2(F)CC2)c1. The van der Waals surface area contributed by atoms with Crippen LogP contribution >= 0.6 is 15.9 Å². The van der Waals surface area contributed by atoms with Crippen LogP contribution in [0.15, 0.2) is 22.7 Å². The minimum absolute atomic E-state index is 0.123. The van der Waals surface area contributed by atoms with E-state index >= 15 is 0 Å². The Morgan fingerprint density at radius 2 is 2.07 bits per heavy atom. The Morgan fingerprint density at radius 1 is 1.43 bits per heavy atom. The normalized spacial score (nSPS) is 17.9. The van der Waals surface area contributed by atoms with Gasteiger partial charge >= 0.3 is 5.97 Å². The number of hydrogen-bond donors (Lipinski definition) is 1. The molecular formula is C10H8BrFO2. The van der Waals surface area contributed by atoms with Gasteiger partial charge in [-0.15, -0.1) is 0 Å². The molecule has 1 aliphatic rings. The zero-order chi connectivity index (χ0) is 10.3. The van der Waals surface area contributed by atoms with Crippen LogP contribution in [0, 0.1) is 0 Å². The summed E-state index contributed by atoms with van der Waals surface area (Å²) in [5.41, 5.74) is -0.698. The van der Waals surface area contributed by atoms with Crippen molar-refractivity contribution in [1.29, 1.82) is 0 Å². The van der Waals surface area contributed by atoms with E-state index in [-0.39, 0.29) is 5.56 Å². The first-order valence-electron chi connectivity index (χ1n) is 4.24. The number of hydrogen-bond acceptors (Lipinski definition) is 1. The molecule has 0 heterocycles. The molecule has 2 rings (SSSR count). The molecule has 0 spiro atoms. The van der Waals surface area contributed by atoms with Crippen molar-refractivity contribution in [3.05, 3.63) is 33.8 Å². The molecule has 0 atom stereocenters. The third kappa shape index (κ3) is 1.66. The summed E-state index contributed by atoms with van der Waals surface area (Å²) in [6, 6.07) is 4.51. The predicted molar refractivity (Wildman–Crippen MR) is 53.1 cm³/mol. The lowest BCUT2D eigenvalue weighted by molar-refractivity contribution is 0.0696. The van der Waals surface area contributed by atoms with Gasteiger partial charge in [-0.25, -0.2) is 9.18 Å². The van der Waals surface area contributed by atoms with Gasteiger partial charge in [0.1, 0.15) is 5.67 Å². The Balaban J connectivity index is 2.47. The lowest BCUT2D eigenvalue weighted by Crippen LogP contribution is -2.02. The highest BCUT2D eigenvalue weighted by Gasteiger charge is 2.45. The van der Waals surface area contributed by atoms with Crippen LogP contribution in [0.5, 0.6) is 0 Å². The summed E-state index contributed by atoms with van der Waals surface area (Å²) in [6.45, 7) is 0. The first kappa shape index (κ1) is 9.65. The zero-order valence-electron chi connectivity index (χ0n) is 7.26. The average molecular weight is 259 g/mol. The summed E-state index contributed by atoms with van der Waals surface area (Å²) in [4.78, 5) is 10.7. The van der Waals surface area contributed by atoms with Crippen molar-refractivity contribution in [2.45, 2.75) is 18.5 Å². The smallest absolute Gasteiger partial charge is 0.335 e. The van der Waals surface area contributed by atoms with Crippen LogP contribution in [-0.2, 0) is 5.67 Å². The second-order valence-corrected chi connectivity index (χ2v) is 4.41. The van der Waals surface area contributed by atoms with E-state index in [1.807, 2.05) is 0 Å². The number of rotatable bonds is 2. The monoisotopic (exact) mass is 258 g/mol. The number of carbonyl (C=O) groups is 1. The minimum atomic E-state index is -1.28. The fraction of sp³-hybridized carbons (Fsp3) is 0.300. The van der Waals surface area contributed by atoms with E-state index in [1.54, 1.807) is 6.07 Å². The maximum absolute atomic E-state index is 13.6. The topological polar surface area (TPSA) is 37.3 Å². The fourth-order valence-electron chi connectivity index (χ4n) is 1.37. The van der Waals surface area contributed by atoms with Crippen LogP contribution in [0.3, 0.4) is 0 Å². The molecule has 4 heteroatoms. The standard InChI is InChI=1S/C10H8BrFO2/c11-8-4-6(9(13)14)3-7(5-8)10(12)1-2-10/h3-5H,1-2H2,(H,13,14). The molecule has 0 aliphatic heterocycles. The Kier molecular flexibility index (Phi) is 2.10. The molecule has 1 aliphatic carbocycles. The van der Waals surface area contributed by atoms with E-state index < -0.39 is 11.6 Å². The van der Waals surface area contributed by atoms with Gasteiger partial charge in [0.25, 0.3) is 0 Å². The van der Waals surface area contributed by atoms with Gasteiger partial charge < -0.3 is 5.11 Å². The van der Waals surface area contributed by atoms with Crippen LogP contribution < -0.4 is 0 Å². The number of alkyl halides is 1. The lowest BCUT2D eigenvalue weighted by Gasteiger charge is -2.07. The molecule has 0 aromatic heterocycles. The molecule has 1 aromatic carbocycles. The number of halogens is 2. The van der Waals surface area contributed by atoms with Gasteiger partial charge in [0.15, 0.2) is 0 Å². The Morgan fingerprint density at radius 3 is 2.57 bits per heavy atom. The van der Waals surface area contributed by atoms with Crippen molar-refractivity contribution in [2.75, 3.05) is 0 Å². The summed E-state index contributed by atoms with van der Waals surface area (Å²) in [5, 5.41) is 8.78. The van der Waals surface area contributed by atoms with Gasteiger partial charge in [0.2, 0.25) is 0 Å². The number of carboxylic acid groups (broad SMARTS) is 1. The minimum Gasteiger partial charge on any atom is -0.478 e. The van der Waals surface area contributed by atoms with Crippen LogP contribution in [0.2, 0.25) is 0 Å². The van der Waals surface area contributed by atoms with Gasteiger partial charge in [0, 0.05) is 4.47 Å². The molecule has 14 heavy (non-hydrogen) atoms. The summed E-state index contributed by atoms with van der Waals surface area (Å²) in [5.74, 6) is -1.03. The van der Waals surface area contributed by atoms with Gasteiger partial charge in [-0.05, 0) is 36.6 Å². The molecule has 1 saturated carbocycles. The predicted octanol–water partition coefficient (Wildman–Crippen LogP) is 3.11. The maximum Gasteiger partial charge on any atom is 0.335 e. The van der Waals surface area contributed by atoms with Crippen molar-refractivity contribution in [3.63, 3.8) is 0 Å². The van der Waals surface area contributed by atoms with Crippen molar-refractivity contribution >= 4 is 21.9 Å². The van der Waals surface area contributed by atoms with E-state index in [9.17, 15) is 9.18 Å². The largest absolute Gasteiger partial charge is 0.478 e. The molecule has 0 bridgehead atoms. The fourth-order valence-corrected chi connectivity index (χ4v) is 1.86. The van der Waals surface area contributed by atoms with Gasteiger partial charge in [-0.3, -0.25) is 0 Å². The van der Waals surface area contributed by atoms with Gasteiger partial charge in [-0.1, -0.05) is 15.9 Å². The molecule has 1 fully saturated rings. The quantitative estimate of drug-likeness (QED) is 0.885. The molecule has 0 unspecified atom stereocenters. The summed E-state index contributed by atoms with van der Waals surface area (Å²) < 4.78 is 14.2. The summed E-state index contributed by atoms with van der Waals surface area (Å²) >= 11 is 3.17. The first-order chi connectivity index (χ1) is 6.51. The van der Waals surface area contributed by atoms with Crippen LogP contribution in [0.1, 0.15) is 28.8 Å². The van der Waals surface area contributed by atoms with Gasteiger partial charge in [-0.2, -0.15) is 0 Å². The first-order valence-corrected chi connectivity index (χ1v) is 5.04. The zero-order valence-corrected chi connectivity index (χ0v) is 8.84. The van der Waals surface area contributed by atoms with Crippen LogP contribution in [-0.4, -0.2) is 11.1 Å². The highest BCUT2D eigenvalue weighted by molar-refractivity contribution is 9.10. The third-order valence-electron chi connectivity index (χ3n) is 2.35. The average Bonchev–Trinajstić information content (AvgIpc) is 2.84. The molecule has 0 saturated heterocycles. The Labute approximate surface area is 88.9 Å². The molecule has 0 radical (unpaired) electrons. The van der Waals surface area contributed by atoms with E-state index in [0.29, 0.717) is 22.9 Å². The second kappa shape index (κ2) is 3.05. The van der Waals surface area contributed by atoms with Crippen molar-refractivity contribution in [3.8, 4) is 0 Å². The van der Waals surface area contributed by atoms with Crippen molar-refractivity contribution < 1.29 is 14.3 Å². The molecule has 74 valence electrons. The van der Waals surface area contributed by atoms with E-state index in [0.717, 1.165) is 0 Å². The molecular weight excluding hydrogens is 251 g/mol. The molecule has 1 aromatic rings. The van der Waals surface area contributed by atoms with Crippen LogP contribution in [0.4, 0.5) is 4.39 Å². The van der Waals surface area contributed by atoms with E-state index in [4.69, 9.17) is 5.11 Å². The molecule has 1 N–H and O–H groups in total. The van der Waals surface area contributed by atoms with E-state index in [2.05, 4.69) is 15.9 Å². The Hall–Kier alpha value is -0.900. The van der Waals surface area contributed by atoms with Crippen molar-refractivity contribution in [2.24, 2.45) is 0 Å². The maximum atomic E-state index is 13.6. The summed E-state index contributed by atoms with van der Waals surface area (Å²) in [6.07, 6.45) is 0.977. The molecule has 2 nitrogen and oxygen atoms in total. The highest BCUT2D eigenvalue weighted by atomic mass is 79.9. The van der Waals surface area contributed by atoms with Crippen LogP contribution in [0.25, 0.3) is 0 Å². The van der Waals surface area contributed by atoms with Crippen molar-refractivity contribution in [1.82, 2.24) is 0 Å². The second-order valence-electron chi connectivity index (χ2n) is 3.50.